The van der Waals surface area contributed by atoms with Gasteiger partial charge in [0.2, 0.25) is 11.8 Å². The van der Waals surface area contributed by atoms with Gasteiger partial charge in [0.15, 0.2) is 0 Å². The molecule has 7 nitrogen and oxygen atoms in total. The average molecular weight is 458 g/mol. The van der Waals surface area contributed by atoms with Crippen molar-refractivity contribution in [2.24, 2.45) is 5.92 Å². The molecule has 0 radical (unpaired) electrons. The van der Waals surface area contributed by atoms with E-state index < -0.39 is 5.92 Å². The van der Waals surface area contributed by atoms with E-state index in [4.69, 9.17) is 4.74 Å². The van der Waals surface area contributed by atoms with Crippen molar-refractivity contribution in [3.8, 4) is 5.75 Å². The fraction of sp³-hybridized carbons (Fsp3) is 0.222. The van der Waals surface area contributed by atoms with Gasteiger partial charge >= 0.3 is 0 Å². The van der Waals surface area contributed by atoms with Gasteiger partial charge < -0.3 is 20.3 Å². The Kier molecular flexibility index (Phi) is 6.92. The molecule has 0 unspecified atom stereocenters. The zero-order chi connectivity index (χ0) is 24.1. The Labute approximate surface area is 198 Å². The predicted octanol–water partition coefficient (Wildman–Crippen LogP) is 4.64. The highest BCUT2D eigenvalue weighted by molar-refractivity contribution is 6.11. The largest absolute Gasteiger partial charge is 0.494 e. The van der Waals surface area contributed by atoms with E-state index in [9.17, 15) is 14.4 Å². The third kappa shape index (κ3) is 5.09. The Morgan fingerprint density at radius 2 is 1.62 bits per heavy atom. The summed E-state index contributed by atoms with van der Waals surface area (Å²) in [7, 11) is 0. The lowest BCUT2D eigenvalue weighted by Crippen LogP contribution is -2.28. The molecule has 0 bridgehead atoms. The van der Waals surface area contributed by atoms with Crippen LogP contribution in [-0.4, -0.2) is 30.9 Å². The molecule has 1 aliphatic rings. The number of para-hydroxylation sites is 2. The maximum Gasteiger partial charge on any atom is 0.257 e. The Balaban J connectivity index is 1.44. The first-order valence-corrected chi connectivity index (χ1v) is 11.3. The van der Waals surface area contributed by atoms with Gasteiger partial charge in [0.25, 0.3) is 5.91 Å². The number of aryl methyl sites for hydroxylation is 1. The number of nitrogens with one attached hydrogen (secondary N) is 2. The van der Waals surface area contributed by atoms with Gasteiger partial charge in [0.1, 0.15) is 5.75 Å². The number of carbonyl (C=O) groups is 3. The summed E-state index contributed by atoms with van der Waals surface area (Å²) in [5.41, 5.74) is 3.14. The molecule has 4 rings (SSSR count). The van der Waals surface area contributed by atoms with Crippen molar-refractivity contribution in [3.05, 3.63) is 83.9 Å². The molecule has 3 aromatic rings. The van der Waals surface area contributed by atoms with Crippen LogP contribution in [0.4, 0.5) is 17.1 Å². The Morgan fingerprint density at radius 1 is 0.941 bits per heavy atom. The summed E-state index contributed by atoms with van der Waals surface area (Å²) in [5.74, 6) is -0.518. The topological polar surface area (TPSA) is 87.7 Å². The van der Waals surface area contributed by atoms with Crippen LogP contribution in [0, 0.1) is 12.8 Å². The molecule has 1 atom stereocenters. The molecule has 0 aromatic heterocycles. The van der Waals surface area contributed by atoms with Crippen molar-refractivity contribution in [2.75, 3.05) is 28.7 Å². The zero-order valence-corrected chi connectivity index (χ0v) is 19.2. The van der Waals surface area contributed by atoms with Crippen LogP contribution < -0.4 is 20.3 Å². The zero-order valence-electron chi connectivity index (χ0n) is 19.2. The summed E-state index contributed by atoms with van der Waals surface area (Å²) in [4.78, 5) is 40.2. The lowest BCUT2D eigenvalue weighted by molar-refractivity contribution is -0.122. The van der Waals surface area contributed by atoms with Gasteiger partial charge in [0, 0.05) is 24.3 Å². The second kappa shape index (κ2) is 10.2. The monoisotopic (exact) mass is 457 g/mol. The van der Waals surface area contributed by atoms with Crippen LogP contribution in [0.5, 0.6) is 5.75 Å². The van der Waals surface area contributed by atoms with Crippen molar-refractivity contribution in [2.45, 2.75) is 20.3 Å². The van der Waals surface area contributed by atoms with Gasteiger partial charge in [-0.15, -0.1) is 0 Å². The maximum absolute atomic E-state index is 13.0. The maximum atomic E-state index is 13.0. The smallest absolute Gasteiger partial charge is 0.257 e. The molecule has 2 N–H and O–H groups in total. The van der Waals surface area contributed by atoms with Crippen LogP contribution >= 0.6 is 0 Å². The summed E-state index contributed by atoms with van der Waals surface area (Å²) in [6.07, 6.45) is 0.108. The quantitative estimate of drug-likeness (QED) is 0.541. The Hall–Kier alpha value is -4.13. The summed E-state index contributed by atoms with van der Waals surface area (Å²) in [6, 6.07) is 21.6. The molecular weight excluding hydrogens is 430 g/mol. The van der Waals surface area contributed by atoms with E-state index in [1.807, 2.05) is 62.4 Å². The van der Waals surface area contributed by atoms with Gasteiger partial charge in [-0.25, -0.2) is 0 Å². The van der Waals surface area contributed by atoms with E-state index in [2.05, 4.69) is 10.6 Å². The highest BCUT2D eigenvalue weighted by Crippen LogP contribution is 2.28. The first-order chi connectivity index (χ1) is 16.5. The number of hydrogen-bond donors (Lipinski definition) is 2. The predicted molar refractivity (Wildman–Crippen MR) is 132 cm³/mol. The minimum absolute atomic E-state index is 0.108. The minimum Gasteiger partial charge on any atom is -0.494 e. The van der Waals surface area contributed by atoms with Crippen LogP contribution in [0.2, 0.25) is 0 Å². The molecule has 34 heavy (non-hydrogen) atoms. The van der Waals surface area contributed by atoms with Gasteiger partial charge in [-0.1, -0.05) is 30.3 Å². The van der Waals surface area contributed by atoms with Gasteiger partial charge in [-0.05, 0) is 61.9 Å². The van der Waals surface area contributed by atoms with E-state index in [0.29, 0.717) is 23.5 Å². The summed E-state index contributed by atoms with van der Waals surface area (Å²) >= 11 is 0. The molecule has 0 saturated carbocycles. The van der Waals surface area contributed by atoms with Crippen LogP contribution in [0.15, 0.2) is 72.8 Å². The van der Waals surface area contributed by atoms with E-state index in [-0.39, 0.29) is 30.7 Å². The molecular formula is C27H27N3O4. The fourth-order valence-corrected chi connectivity index (χ4v) is 3.95. The number of anilines is 3. The number of amides is 3. The number of hydrogen-bond acceptors (Lipinski definition) is 4. The minimum atomic E-state index is -0.522. The number of carbonyl (C=O) groups excluding carboxylic acids is 3. The molecule has 1 heterocycles. The molecule has 1 fully saturated rings. The molecule has 3 aromatic carbocycles. The van der Waals surface area contributed by atoms with E-state index in [0.717, 1.165) is 17.0 Å². The van der Waals surface area contributed by atoms with Crippen molar-refractivity contribution in [1.82, 2.24) is 0 Å². The van der Waals surface area contributed by atoms with E-state index >= 15 is 0 Å². The molecule has 1 aliphatic heterocycles. The van der Waals surface area contributed by atoms with Gasteiger partial charge in [-0.3, -0.25) is 14.4 Å². The standard InChI is InChI=1S/C27H27N3O4/c1-3-34-21-14-12-20(13-15-21)30-17-19(16-25(30)31)26(32)29-24-11-7-5-9-22(24)27(33)28-23-10-6-4-8-18(23)2/h4-15,19H,3,16-17H2,1-2H3,(H,28,33)(H,29,32)/t19-/m1/s1. The van der Waals surface area contributed by atoms with Crippen molar-refractivity contribution < 1.29 is 19.1 Å². The van der Waals surface area contributed by atoms with Crippen LogP contribution in [0.25, 0.3) is 0 Å². The molecule has 7 heteroatoms. The Morgan fingerprint density at radius 3 is 2.32 bits per heavy atom. The molecule has 0 spiro atoms. The molecule has 0 aliphatic carbocycles. The summed E-state index contributed by atoms with van der Waals surface area (Å²) in [6.45, 7) is 4.66. The molecule has 3 amide bonds. The summed E-state index contributed by atoms with van der Waals surface area (Å²) < 4.78 is 5.45. The molecule has 174 valence electrons. The SMILES string of the molecule is CCOc1ccc(N2C[C@H](C(=O)Nc3ccccc3C(=O)Nc3ccccc3C)CC2=O)cc1. The first-order valence-electron chi connectivity index (χ1n) is 11.3. The molecule has 1 saturated heterocycles. The second-order valence-corrected chi connectivity index (χ2v) is 8.14. The second-order valence-electron chi connectivity index (χ2n) is 8.14. The lowest BCUT2D eigenvalue weighted by Gasteiger charge is -2.18. The van der Waals surface area contributed by atoms with Crippen molar-refractivity contribution in [3.63, 3.8) is 0 Å². The summed E-state index contributed by atoms with van der Waals surface area (Å²) in [5, 5.41) is 5.75. The number of ether oxygens (including phenoxy) is 1. The van der Waals surface area contributed by atoms with E-state index in [1.54, 1.807) is 29.2 Å². The van der Waals surface area contributed by atoms with Crippen LogP contribution in [0.1, 0.15) is 29.3 Å². The highest BCUT2D eigenvalue weighted by atomic mass is 16.5. The first kappa shape index (κ1) is 23.0. The lowest BCUT2D eigenvalue weighted by atomic mass is 10.1. The fourth-order valence-electron chi connectivity index (χ4n) is 3.95. The number of benzene rings is 3. The van der Waals surface area contributed by atoms with Crippen molar-refractivity contribution >= 4 is 34.8 Å². The third-order valence-corrected chi connectivity index (χ3v) is 5.78. The van der Waals surface area contributed by atoms with Crippen LogP contribution in [0.3, 0.4) is 0 Å². The normalized spacial score (nSPS) is 15.2. The van der Waals surface area contributed by atoms with Crippen LogP contribution in [-0.2, 0) is 9.59 Å². The van der Waals surface area contributed by atoms with Gasteiger partial charge in [0.05, 0.1) is 23.8 Å². The third-order valence-electron chi connectivity index (χ3n) is 5.78. The van der Waals surface area contributed by atoms with E-state index in [1.165, 1.54) is 0 Å². The Bertz CT molecular complexity index is 1210. The highest BCUT2D eigenvalue weighted by Gasteiger charge is 2.35. The number of rotatable bonds is 7. The number of nitrogens with zero attached hydrogens (tertiary/aromatic N) is 1. The van der Waals surface area contributed by atoms with Crippen molar-refractivity contribution in [1.29, 1.82) is 0 Å². The van der Waals surface area contributed by atoms with Gasteiger partial charge in [-0.2, -0.15) is 0 Å². The average Bonchev–Trinajstić information content (AvgIpc) is 3.23.